The van der Waals surface area contributed by atoms with Crippen LogP contribution in [0.1, 0.15) is 11.5 Å². The Morgan fingerprint density at radius 1 is 1.19 bits per heavy atom. The largest absolute Gasteiger partial charge is 0.439 e. The minimum Gasteiger partial charge on any atom is -0.439 e. The Morgan fingerprint density at radius 3 is 2.81 bits per heavy atom. The number of halogens is 1. The van der Waals surface area contributed by atoms with Gasteiger partial charge in [-0.3, -0.25) is 4.90 Å². The van der Waals surface area contributed by atoms with Crippen molar-refractivity contribution in [2.24, 2.45) is 0 Å². The number of nitrogens with zero attached hydrogens (tertiary/aromatic N) is 2. The second-order valence-corrected chi connectivity index (χ2v) is 5.95. The fourth-order valence-corrected chi connectivity index (χ4v) is 2.67. The number of nitrogens with two attached hydrogens (primary N) is 1. The quantitative estimate of drug-likeness (QED) is 0.730. The highest BCUT2D eigenvalue weighted by atomic mass is 79.9. The molecule has 2 N–H and O–H groups in total. The van der Waals surface area contributed by atoms with E-state index in [1.807, 2.05) is 37.4 Å². The molecule has 0 aliphatic heterocycles. The fraction of sp³-hybridized carbons (Fsp3) is 0.188. The number of nitrogen functional groups attached to an aromatic ring is 1. The first kappa shape index (κ1) is 14.1. The third-order valence-electron chi connectivity index (χ3n) is 3.26. The summed E-state index contributed by atoms with van der Waals surface area (Å²) in [6.07, 6.45) is 0. The van der Waals surface area contributed by atoms with Gasteiger partial charge in [0.1, 0.15) is 5.52 Å². The van der Waals surface area contributed by atoms with E-state index in [9.17, 15) is 0 Å². The van der Waals surface area contributed by atoms with Crippen LogP contribution < -0.4 is 5.73 Å². The zero-order valence-corrected chi connectivity index (χ0v) is 13.3. The number of hydrogen-bond acceptors (Lipinski definition) is 4. The molecule has 0 radical (unpaired) electrons. The van der Waals surface area contributed by atoms with Crippen LogP contribution in [0.3, 0.4) is 0 Å². The average molecular weight is 346 g/mol. The molecule has 0 aliphatic rings. The van der Waals surface area contributed by atoms with Gasteiger partial charge in [-0.05, 0) is 30.8 Å². The van der Waals surface area contributed by atoms with E-state index in [-0.39, 0.29) is 0 Å². The minimum absolute atomic E-state index is 0.649. The van der Waals surface area contributed by atoms with Crippen molar-refractivity contribution in [2.45, 2.75) is 13.1 Å². The molecule has 0 atom stereocenters. The summed E-state index contributed by atoms with van der Waals surface area (Å²) in [7, 11) is 2.04. The second kappa shape index (κ2) is 5.87. The molecule has 0 spiro atoms. The van der Waals surface area contributed by atoms with Crippen molar-refractivity contribution in [3.8, 4) is 0 Å². The van der Waals surface area contributed by atoms with Gasteiger partial charge >= 0.3 is 0 Å². The van der Waals surface area contributed by atoms with Gasteiger partial charge in [0.2, 0.25) is 5.89 Å². The molecule has 21 heavy (non-hydrogen) atoms. The fourth-order valence-electron chi connectivity index (χ4n) is 2.26. The van der Waals surface area contributed by atoms with E-state index in [2.05, 4.69) is 31.9 Å². The zero-order chi connectivity index (χ0) is 14.8. The lowest BCUT2D eigenvalue weighted by Crippen LogP contribution is -2.17. The molecule has 1 heterocycles. The number of anilines is 1. The molecule has 4 nitrogen and oxygen atoms in total. The summed E-state index contributed by atoms with van der Waals surface area (Å²) in [5, 5.41) is 0. The van der Waals surface area contributed by atoms with Gasteiger partial charge in [0.15, 0.2) is 5.58 Å². The van der Waals surface area contributed by atoms with E-state index in [0.29, 0.717) is 18.1 Å². The number of rotatable bonds is 4. The van der Waals surface area contributed by atoms with Crippen LogP contribution >= 0.6 is 15.9 Å². The van der Waals surface area contributed by atoms with E-state index >= 15 is 0 Å². The predicted octanol–water partition coefficient (Wildman–Crippen LogP) is 3.80. The van der Waals surface area contributed by atoms with Gasteiger partial charge in [0.25, 0.3) is 0 Å². The molecule has 0 unspecified atom stereocenters. The molecule has 0 bridgehead atoms. The molecule has 1 aromatic heterocycles. The lowest BCUT2D eigenvalue weighted by molar-refractivity contribution is 0.285. The number of benzene rings is 2. The smallest absolute Gasteiger partial charge is 0.209 e. The highest BCUT2D eigenvalue weighted by Gasteiger charge is 2.10. The number of hydrogen-bond donors (Lipinski definition) is 1. The molecule has 108 valence electrons. The van der Waals surface area contributed by atoms with Crippen molar-refractivity contribution >= 4 is 32.7 Å². The minimum atomic E-state index is 0.649. The lowest BCUT2D eigenvalue weighted by atomic mass is 10.2. The second-order valence-electron chi connectivity index (χ2n) is 5.10. The SMILES string of the molecule is CN(Cc1nc2ccc(N)cc2o1)Cc1ccccc1Br. The molecule has 5 heteroatoms. The molecular weight excluding hydrogens is 330 g/mol. The van der Waals surface area contributed by atoms with Gasteiger partial charge in [0.05, 0.1) is 6.54 Å². The molecule has 0 saturated carbocycles. The Bertz CT molecular complexity index is 769. The van der Waals surface area contributed by atoms with E-state index < -0.39 is 0 Å². The third kappa shape index (κ3) is 3.25. The van der Waals surface area contributed by atoms with Gasteiger partial charge in [0, 0.05) is 22.8 Å². The van der Waals surface area contributed by atoms with Crippen LogP contribution in [0.2, 0.25) is 0 Å². The van der Waals surface area contributed by atoms with Crippen molar-refractivity contribution in [3.05, 3.63) is 58.4 Å². The maximum absolute atomic E-state index is 5.75. The summed E-state index contributed by atoms with van der Waals surface area (Å²) in [5.41, 5.74) is 9.25. The van der Waals surface area contributed by atoms with Gasteiger partial charge in [-0.25, -0.2) is 4.98 Å². The van der Waals surface area contributed by atoms with Crippen LogP contribution in [0.4, 0.5) is 5.69 Å². The van der Waals surface area contributed by atoms with Crippen LogP contribution in [0.25, 0.3) is 11.1 Å². The van der Waals surface area contributed by atoms with E-state index in [0.717, 1.165) is 22.1 Å². The lowest BCUT2D eigenvalue weighted by Gasteiger charge is -2.15. The average Bonchev–Trinajstić information content (AvgIpc) is 2.82. The summed E-state index contributed by atoms with van der Waals surface area (Å²) in [6.45, 7) is 1.47. The van der Waals surface area contributed by atoms with Crippen molar-refractivity contribution < 1.29 is 4.42 Å². The topological polar surface area (TPSA) is 55.3 Å². The van der Waals surface area contributed by atoms with Gasteiger partial charge in [-0.2, -0.15) is 0 Å². The maximum atomic E-state index is 5.75. The molecule has 3 rings (SSSR count). The first-order valence-electron chi connectivity index (χ1n) is 6.69. The molecule has 2 aromatic carbocycles. The monoisotopic (exact) mass is 345 g/mol. The number of fused-ring (bicyclic) bond motifs is 1. The molecule has 0 aliphatic carbocycles. The van der Waals surface area contributed by atoms with E-state index in [1.165, 1.54) is 5.56 Å². The Morgan fingerprint density at radius 2 is 2.00 bits per heavy atom. The maximum Gasteiger partial charge on any atom is 0.209 e. The summed E-state index contributed by atoms with van der Waals surface area (Å²) in [4.78, 5) is 6.64. The highest BCUT2D eigenvalue weighted by Crippen LogP contribution is 2.21. The van der Waals surface area contributed by atoms with Crippen LogP contribution in [0, 0.1) is 0 Å². The van der Waals surface area contributed by atoms with E-state index in [4.69, 9.17) is 10.2 Å². The molecule has 3 aromatic rings. The number of oxazole rings is 1. The Kier molecular flexibility index (Phi) is 3.94. The van der Waals surface area contributed by atoms with Crippen LogP contribution in [0.5, 0.6) is 0 Å². The van der Waals surface area contributed by atoms with Gasteiger partial charge in [-0.1, -0.05) is 34.1 Å². The Hall–Kier alpha value is -1.85. The Labute approximate surface area is 131 Å². The zero-order valence-electron chi connectivity index (χ0n) is 11.7. The van der Waals surface area contributed by atoms with Crippen molar-refractivity contribution in [1.29, 1.82) is 0 Å². The highest BCUT2D eigenvalue weighted by molar-refractivity contribution is 9.10. The van der Waals surface area contributed by atoms with Crippen molar-refractivity contribution in [3.63, 3.8) is 0 Å². The summed E-state index contributed by atoms with van der Waals surface area (Å²) >= 11 is 3.57. The van der Waals surface area contributed by atoms with Crippen LogP contribution in [0.15, 0.2) is 51.4 Å². The summed E-state index contributed by atoms with van der Waals surface area (Å²) in [5.74, 6) is 0.699. The van der Waals surface area contributed by atoms with Crippen LogP contribution in [-0.4, -0.2) is 16.9 Å². The van der Waals surface area contributed by atoms with Gasteiger partial charge in [-0.15, -0.1) is 0 Å². The summed E-state index contributed by atoms with van der Waals surface area (Å²) in [6, 6.07) is 13.7. The standard InChI is InChI=1S/C16H16BrN3O/c1-20(9-11-4-2-3-5-13(11)17)10-16-19-14-7-6-12(18)8-15(14)21-16/h2-8H,9-10,18H2,1H3. The first-order chi connectivity index (χ1) is 10.1. The van der Waals surface area contributed by atoms with Crippen molar-refractivity contribution in [1.82, 2.24) is 9.88 Å². The molecule has 0 saturated heterocycles. The molecular formula is C16H16BrN3O. The van der Waals surface area contributed by atoms with Crippen molar-refractivity contribution in [2.75, 3.05) is 12.8 Å². The van der Waals surface area contributed by atoms with E-state index in [1.54, 1.807) is 6.07 Å². The van der Waals surface area contributed by atoms with Crippen LogP contribution in [-0.2, 0) is 13.1 Å². The summed E-state index contributed by atoms with van der Waals surface area (Å²) < 4.78 is 6.86. The normalized spacial score (nSPS) is 11.4. The third-order valence-corrected chi connectivity index (χ3v) is 4.03. The predicted molar refractivity (Wildman–Crippen MR) is 87.7 cm³/mol. The molecule has 0 fully saturated rings. The van der Waals surface area contributed by atoms with Gasteiger partial charge < -0.3 is 10.2 Å². The Balaban J connectivity index is 1.74. The molecule has 0 amide bonds. The number of aromatic nitrogens is 1. The first-order valence-corrected chi connectivity index (χ1v) is 7.48.